The van der Waals surface area contributed by atoms with E-state index in [1.165, 1.54) is 0 Å². The molecule has 4 heteroatoms. The fraction of sp³-hybridized carbons (Fsp3) is 0. The number of nitrogens with zero attached hydrogens (tertiary/aromatic N) is 1. The molecule has 2 heterocycles. The molecule has 0 aliphatic carbocycles. The van der Waals surface area contributed by atoms with E-state index in [-0.39, 0.29) is 0 Å². The van der Waals surface area contributed by atoms with E-state index < -0.39 is 0 Å². The number of aromatic amines is 1. The van der Waals surface area contributed by atoms with E-state index in [9.17, 15) is 0 Å². The van der Waals surface area contributed by atoms with Crippen LogP contribution in [0.25, 0.3) is 22.4 Å². The summed E-state index contributed by atoms with van der Waals surface area (Å²) < 4.78 is 6.52. The molecule has 0 saturated heterocycles. The van der Waals surface area contributed by atoms with Crippen LogP contribution < -0.4 is 0 Å². The molecule has 0 unspecified atom stereocenters. The molecule has 0 aliphatic heterocycles. The summed E-state index contributed by atoms with van der Waals surface area (Å²) >= 11 is 5.32. The molecule has 0 fully saturated rings. The number of benzene rings is 1. The van der Waals surface area contributed by atoms with Gasteiger partial charge >= 0.3 is 0 Å². The van der Waals surface area contributed by atoms with Crippen LogP contribution in [0.4, 0.5) is 0 Å². The highest BCUT2D eigenvalue weighted by atomic mass is 32.1. The molecule has 0 radical (unpaired) electrons. The fourth-order valence-corrected chi connectivity index (χ4v) is 1.90. The Kier molecular flexibility index (Phi) is 2.08. The number of nitrogens with one attached hydrogen (secondary N) is 1. The molecule has 3 rings (SSSR count). The Labute approximate surface area is 96.7 Å². The van der Waals surface area contributed by atoms with Crippen LogP contribution in [0.15, 0.2) is 47.0 Å². The van der Waals surface area contributed by atoms with Crippen molar-refractivity contribution in [2.24, 2.45) is 0 Å². The summed E-state index contributed by atoms with van der Waals surface area (Å²) in [5.41, 5.74) is 1.55. The lowest BCUT2D eigenvalue weighted by molar-refractivity contribution is 0.616. The third kappa shape index (κ3) is 1.44. The zero-order chi connectivity index (χ0) is 11.0. The SMILES string of the molecule is S=c1cc(-c2cc[nH]n2)oc2ccccc12. The van der Waals surface area contributed by atoms with Crippen LogP contribution >= 0.6 is 12.2 Å². The van der Waals surface area contributed by atoms with Crippen LogP contribution in [0.5, 0.6) is 0 Å². The van der Waals surface area contributed by atoms with Gasteiger partial charge in [0.05, 0.1) is 4.51 Å². The molecule has 78 valence electrons. The Morgan fingerprint density at radius 1 is 1.19 bits per heavy atom. The fourth-order valence-electron chi connectivity index (χ4n) is 1.63. The number of hydrogen-bond acceptors (Lipinski definition) is 3. The van der Waals surface area contributed by atoms with Gasteiger partial charge in [-0.05, 0) is 18.2 Å². The minimum atomic E-state index is 0.685. The highest BCUT2D eigenvalue weighted by Crippen LogP contribution is 2.23. The van der Waals surface area contributed by atoms with Gasteiger partial charge in [-0.25, -0.2) is 0 Å². The molecular formula is C12H8N2OS. The number of H-pyrrole nitrogens is 1. The predicted molar refractivity (Wildman–Crippen MR) is 64.6 cm³/mol. The van der Waals surface area contributed by atoms with Crippen molar-refractivity contribution in [3.63, 3.8) is 0 Å². The standard InChI is InChI=1S/C12H8N2OS/c16-12-7-11(9-5-6-13-14-9)15-10-4-2-1-3-8(10)12/h1-7H,(H,13,14). The van der Waals surface area contributed by atoms with E-state index in [4.69, 9.17) is 16.6 Å². The molecule has 1 aromatic carbocycles. The van der Waals surface area contributed by atoms with Gasteiger partial charge in [0, 0.05) is 17.6 Å². The molecule has 0 bridgehead atoms. The van der Waals surface area contributed by atoms with Crippen molar-refractivity contribution in [2.75, 3.05) is 0 Å². The maximum absolute atomic E-state index is 5.74. The molecule has 3 nitrogen and oxygen atoms in total. The topological polar surface area (TPSA) is 41.8 Å². The van der Waals surface area contributed by atoms with Gasteiger partial charge in [0.1, 0.15) is 11.3 Å². The molecular weight excluding hydrogens is 220 g/mol. The van der Waals surface area contributed by atoms with Gasteiger partial charge in [-0.2, -0.15) is 5.10 Å². The summed E-state index contributed by atoms with van der Waals surface area (Å²) in [7, 11) is 0. The van der Waals surface area contributed by atoms with Crippen molar-refractivity contribution < 1.29 is 4.42 Å². The number of fused-ring (bicyclic) bond motifs is 1. The summed E-state index contributed by atoms with van der Waals surface area (Å²) in [5, 5.41) is 7.78. The van der Waals surface area contributed by atoms with Crippen molar-refractivity contribution in [1.29, 1.82) is 0 Å². The van der Waals surface area contributed by atoms with Gasteiger partial charge in [0.25, 0.3) is 0 Å². The molecule has 2 aromatic heterocycles. The zero-order valence-electron chi connectivity index (χ0n) is 8.31. The normalized spacial score (nSPS) is 10.8. The second kappa shape index (κ2) is 3.57. The second-order valence-electron chi connectivity index (χ2n) is 3.43. The lowest BCUT2D eigenvalue weighted by Crippen LogP contribution is -1.80. The van der Waals surface area contributed by atoms with Gasteiger partial charge in [0.15, 0.2) is 5.76 Å². The van der Waals surface area contributed by atoms with Crippen LogP contribution in [-0.2, 0) is 0 Å². The largest absolute Gasteiger partial charge is 0.454 e. The molecule has 0 atom stereocenters. The second-order valence-corrected chi connectivity index (χ2v) is 3.87. The number of aromatic nitrogens is 2. The van der Waals surface area contributed by atoms with E-state index >= 15 is 0 Å². The molecule has 1 N–H and O–H groups in total. The Balaban J connectivity index is 2.34. The molecule has 0 aliphatic rings. The van der Waals surface area contributed by atoms with Crippen molar-refractivity contribution in [2.45, 2.75) is 0 Å². The van der Waals surface area contributed by atoms with E-state index in [0.29, 0.717) is 5.76 Å². The first-order valence-electron chi connectivity index (χ1n) is 4.87. The summed E-state index contributed by atoms with van der Waals surface area (Å²) in [6.45, 7) is 0. The van der Waals surface area contributed by atoms with E-state index in [1.807, 2.05) is 36.4 Å². The molecule has 16 heavy (non-hydrogen) atoms. The van der Waals surface area contributed by atoms with Crippen LogP contribution in [0.2, 0.25) is 0 Å². The summed E-state index contributed by atoms with van der Waals surface area (Å²) in [5.74, 6) is 0.685. The molecule has 0 spiro atoms. The lowest BCUT2D eigenvalue weighted by Gasteiger charge is -2.00. The third-order valence-corrected chi connectivity index (χ3v) is 2.73. The van der Waals surface area contributed by atoms with Crippen molar-refractivity contribution in [1.82, 2.24) is 10.2 Å². The Morgan fingerprint density at radius 2 is 2.06 bits per heavy atom. The Morgan fingerprint density at radius 3 is 2.88 bits per heavy atom. The first kappa shape index (κ1) is 9.30. The monoisotopic (exact) mass is 228 g/mol. The van der Waals surface area contributed by atoms with Crippen molar-refractivity contribution in [3.8, 4) is 11.5 Å². The smallest absolute Gasteiger partial charge is 0.156 e. The van der Waals surface area contributed by atoms with Gasteiger partial charge in [-0.3, -0.25) is 5.10 Å². The molecule has 0 amide bonds. The number of hydrogen-bond donors (Lipinski definition) is 1. The van der Waals surface area contributed by atoms with Gasteiger partial charge < -0.3 is 4.42 Å². The average molecular weight is 228 g/mol. The minimum absolute atomic E-state index is 0.685. The number of para-hydroxylation sites is 1. The van der Waals surface area contributed by atoms with Crippen molar-refractivity contribution in [3.05, 3.63) is 47.1 Å². The maximum Gasteiger partial charge on any atom is 0.156 e. The van der Waals surface area contributed by atoms with E-state index in [2.05, 4.69) is 10.2 Å². The van der Waals surface area contributed by atoms with Gasteiger partial charge in [-0.1, -0.05) is 24.4 Å². The van der Waals surface area contributed by atoms with Crippen LogP contribution in [0.3, 0.4) is 0 Å². The number of rotatable bonds is 1. The first-order valence-corrected chi connectivity index (χ1v) is 5.28. The first-order chi connectivity index (χ1) is 7.84. The highest BCUT2D eigenvalue weighted by molar-refractivity contribution is 7.71. The van der Waals surface area contributed by atoms with Crippen LogP contribution in [0.1, 0.15) is 0 Å². The third-order valence-electron chi connectivity index (χ3n) is 2.39. The minimum Gasteiger partial charge on any atom is -0.454 e. The van der Waals surface area contributed by atoms with E-state index in [0.717, 1.165) is 21.2 Å². The Hall–Kier alpha value is -1.94. The summed E-state index contributed by atoms with van der Waals surface area (Å²) in [4.78, 5) is 0. The van der Waals surface area contributed by atoms with Crippen LogP contribution in [-0.4, -0.2) is 10.2 Å². The van der Waals surface area contributed by atoms with Gasteiger partial charge in [-0.15, -0.1) is 0 Å². The lowest BCUT2D eigenvalue weighted by atomic mass is 10.2. The predicted octanol–water partition coefficient (Wildman–Crippen LogP) is 3.55. The van der Waals surface area contributed by atoms with Crippen LogP contribution in [0, 0.1) is 4.51 Å². The quantitative estimate of drug-likeness (QED) is 0.647. The Bertz CT molecular complexity index is 686. The maximum atomic E-state index is 5.74. The zero-order valence-corrected chi connectivity index (χ0v) is 9.12. The average Bonchev–Trinajstić information content (AvgIpc) is 2.82. The molecule has 0 saturated carbocycles. The highest BCUT2D eigenvalue weighted by Gasteiger charge is 2.05. The van der Waals surface area contributed by atoms with Crippen molar-refractivity contribution >= 4 is 23.2 Å². The molecule has 3 aromatic rings. The van der Waals surface area contributed by atoms with E-state index in [1.54, 1.807) is 6.20 Å². The summed E-state index contributed by atoms with van der Waals surface area (Å²) in [6, 6.07) is 11.4. The van der Waals surface area contributed by atoms with Gasteiger partial charge in [0.2, 0.25) is 0 Å². The summed E-state index contributed by atoms with van der Waals surface area (Å²) in [6.07, 6.45) is 1.75.